The first kappa shape index (κ1) is 14.7. The van der Waals surface area contributed by atoms with Gasteiger partial charge in [0.15, 0.2) is 0 Å². The maximum absolute atomic E-state index is 12.9. The molecule has 2 N–H and O–H groups in total. The number of halogens is 1. The summed E-state index contributed by atoms with van der Waals surface area (Å²) >= 11 is 0. The van der Waals surface area contributed by atoms with Crippen LogP contribution in [-0.2, 0) is 6.54 Å². The molecule has 1 atom stereocenters. The lowest BCUT2D eigenvalue weighted by molar-refractivity contribution is 0.616. The smallest absolute Gasteiger partial charge is 0.224 e. The Morgan fingerprint density at radius 3 is 2.82 bits per heavy atom. The van der Waals surface area contributed by atoms with Gasteiger partial charge in [-0.2, -0.15) is 4.98 Å². The summed E-state index contributed by atoms with van der Waals surface area (Å²) in [4.78, 5) is 11.1. The summed E-state index contributed by atoms with van der Waals surface area (Å²) in [7, 11) is 1.99. The van der Waals surface area contributed by atoms with Crippen LogP contribution >= 0.6 is 0 Å². The van der Waals surface area contributed by atoms with Gasteiger partial charge in [0, 0.05) is 31.9 Å². The van der Waals surface area contributed by atoms with Gasteiger partial charge in [0.05, 0.1) is 0 Å². The van der Waals surface area contributed by atoms with Crippen LogP contribution in [0.4, 0.5) is 16.2 Å². The van der Waals surface area contributed by atoms with Crippen LogP contribution in [0.2, 0.25) is 0 Å². The first-order chi connectivity index (χ1) is 10.7. The molecule has 22 heavy (non-hydrogen) atoms. The van der Waals surface area contributed by atoms with Crippen molar-refractivity contribution in [2.45, 2.75) is 19.0 Å². The molecule has 6 heteroatoms. The van der Waals surface area contributed by atoms with Crippen molar-refractivity contribution < 1.29 is 4.39 Å². The first-order valence-corrected chi connectivity index (χ1v) is 7.48. The lowest BCUT2D eigenvalue weighted by atomic mass is 10.2. The zero-order valence-corrected chi connectivity index (χ0v) is 12.6. The van der Waals surface area contributed by atoms with Gasteiger partial charge in [-0.3, -0.25) is 0 Å². The average molecular weight is 301 g/mol. The van der Waals surface area contributed by atoms with Gasteiger partial charge in [-0.25, -0.2) is 9.37 Å². The quantitative estimate of drug-likeness (QED) is 0.885. The lowest BCUT2D eigenvalue weighted by Gasteiger charge is -2.18. The van der Waals surface area contributed by atoms with Gasteiger partial charge >= 0.3 is 0 Å². The second-order valence-electron chi connectivity index (χ2n) is 5.44. The molecule has 0 saturated carbocycles. The Bertz CT molecular complexity index is 616. The van der Waals surface area contributed by atoms with Crippen molar-refractivity contribution in [2.75, 3.05) is 30.4 Å². The summed E-state index contributed by atoms with van der Waals surface area (Å²) in [5, 5.41) is 6.48. The van der Waals surface area contributed by atoms with E-state index in [0.29, 0.717) is 18.5 Å². The van der Waals surface area contributed by atoms with Crippen LogP contribution in [0.15, 0.2) is 36.5 Å². The van der Waals surface area contributed by atoms with Crippen LogP contribution in [0, 0.1) is 5.82 Å². The van der Waals surface area contributed by atoms with E-state index in [1.165, 1.54) is 12.1 Å². The Morgan fingerprint density at radius 2 is 2.09 bits per heavy atom. The van der Waals surface area contributed by atoms with Crippen LogP contribution in [0.3, 0.4) is 0 Å². The second kappa shape index (κ2) is 6.70. The third kappa shape index (κ3) is 3.51. The van der Waals surface area contributed by atoms with Gasteiger partial charge < -0.3 is 15.5 Å². The SMILES string of the molecule is CN[C@@H]1CCN(c2ccnc(NCc3ccc(F)cc3)n2)C1. The van der Waals surface area contributed by atoms with Crippen molar-refractivity contribution in [2.24, 2.45) is 0 Å². The summed E-state index contributed by atoms with van der Waals surface area (Å²) < 4.78 is 12.9. The Kier molecular flexibility index (Phi) is 4.48. The van der Waals surface area contributed by atoms with E-state index in [2.05, 4.69) is 25.5 Å². The summed E-state index contributed by atoms with van der Waals surface area (Å²) in [5.74, 6) is 1.30. The fourth-order valence-electron chi connectivity index (χ4n) is 2.60. The van der Waals surface area contributed by atoms with Crippen LogP contribution < -0.4 is 15.5 Å². The molecule has 0 spiro atoms. The van der Waals surface area contributed by atoms with Crippen molar-refractivity contribution in [3.63, 3.8) is 0 Å². The average Bonchev–Trinajstić information content (AvgIpc) is 3.04. The number of hydrogen-bond donors (Lipinski definition) is 2. The highest BCUT2D eigenvalue weighted by Crippen LogP contribution is 2.18. The summed E-state index contributed by atoms with van der Waals surface area (Å²) in [6.45, 7) is 2.54. The molecule has 2 heterocycles. The van der Waals surface area contributed by atoms with Gasteiger partial charge in [-0.05, 0) is 37.2 Å². The maximum Gasteiger partial charge on any atom is 0.224 e. The van der Waals surface area contributed by atoms with Gasteiger partial charge in [0.2, 0.25) is 5.95 Å². The third-order valence-electron chi connectivity index (χ3n) is 3.93. The van der Waals surface area contributed by atoms with E-state index in [1.807, 2.05) is 13.1 Å². The van der Waals surface area contributed by atoms with Crippen molar-refractivity contribution in [3.8, 4) is 0 Å². The maximum atomic E-state index is 12.9. The molecular formula is C16H20FN5. The Balaban J connectivity index is 1.63. The van der Waals surface area contributed by atoms with Crippen LogP contribution in [0.1, 0.15) is 12.0 Å². The predicted octanol–water partition coefficient (Wildman–Crippen LogP) is 2.03. The molecule has 5 nitrogen and oxygen atoms in total. The zero-order chi connectivity index (χ0) is 15.4. The van der Waals surface area contributed by atoms with E-state index >= 15 is 0 Å². The van der Waals surface area contributed by atoms with E-state index < -0.39 is 0 Å². The third-order valence-corrected chi connectivity index (χ3v) is 3.93. The molecule has 1 saturated heterocycles. The molecular weight excluding hydrogens is 281 g/mol. The first-order valence-electron chi connectivity index (χ1n) is 7.48. The molecule has 0 radical (unpaired) electrons. The van der Waals surface area contributed by atoms with Crippen LogP contribution in [0.5, 0.6) is 0 Å². The minimum absolute atomic E-state index is 0.227. The molecule has 1 aliphatic rings. The number of aromatic nitrogens is 2. The minimum atomic E-state index is -0.227. The zero-order valence-electron chi connectivity index (χ0n) is 12.6. The van der Waals surface area contributed by atoms with E-state index in [1.54, 1.807) is 18.3 Å². The molecule has 0 bridgehead atoms. The Labute approximate surface area is 129 Å². The molecule has 3 rings (SSSR count). The summed E-state index contributed by atoms with van der Waals surface area (Å²) in [6, 6.07) is 8.87. The van der Waals surface area contributed by atoms with Gasteiger partial charge in [-0.15, -0.1) is 0 Å². The van der Waals surface area contributed by atoms with E-state index in [9.17, 15) is 4.39 Å². The standard InChI is InChI=1S/C16H20FN5/c1-18-14-7-9-22(11-14)15-6-8-19-16(21-15)20-10-12-2-4-13(17)5-3-12/h2-6,8,14,18H,7,9-11H2,1H3,(H,19,20,21)/t14-/m1/s1. The topological polar surface area (TPSA) is 53.1 Å². The number of hydrogen-bond acceptors (Lipinski definition) is 5. The Morgan fingerprint density at radius 1 is 1.27 bits per heavy atom. The minimum Gasteiger partial charge on any atom is -0.355 e. The number of anilines is 2. The summed E-state index contributed by atoms with van der Waals surface area (Å²) in [6.07, 6.45) is 2.89. The van der Waals surface area contributed by atoms with Crippen molar-refractivity contribution in [1.29, 1.82) is 0 Å². The van der Waals surface area contributed by atoms with Crippen LogP contribution in [0.25, 0.3) is 0 Å². The molecule has 0 unspecified atom stereocenters. The molecule has 116 valence electrons. The second-order valence-corrected chi connectivity index (χ2v) is 5.44. The summed E-state index contributed by atoms with van der Waals surface area (Å²) in [5.41, 5.74) is 0.992. The molecule has 1 aliphatic heterocycles. The fraction of sp³-hybridized carbons (Fsp3) is 0.375. The molecule has 1 fully saturated rings. The molecule has 1 aromatic carbocycles. The molecule has 2 aromatic rings. The van der Waals surface area contributed by atoms with Crippen molar-refractivity contribution in [3.05, 3.63) is 47.9 Å². The van der Waals surface area contributed by atoms with Gasteiger partial charge in [0.1, 0.15) is 11.6 Å². The molecule has 1 aromatic heterocycles. The number of nitrogens with zero attached hydrogens (tertiary/aromatic N) is 3. The monoisotopic (exact) mass is 301 g/mol. The van der Waals surface area contributed by atoms with E-state index in [4.69, 9.17) is 0 Å². The van der Waals surface area contributed by atoms with Crippen molar-refractivity contribution >= 4 is 11.8 Å². The molecule has 0 amide bonds. The van der Waals surface area contributed by atoms with Gasteiger partial charge in [-0.1, -0.05) is 12.1 Å². The highest BCUT2D eigenvalue weighted by Gasteiger charge is 2.22. The number of nitrogens with one attached hydrogen (secondary N) is 2. The highest BCUT2D eigenvalue weighted by molar-refractivity contribution is 5.44. The lowest BCUT2D eigenvalue weighted by Crippen LogP contribution is -2.29. The predicted molar refractivity (Wildman–Crippen MR) is 85.4 cm³/mol. The highest BCUT2D eigenvalue weighted by atomic mass is 19.1. The molecule has 0 aliphatic carbocycles. The van der Waals surface area contributed by atoms with Crippen LogP contribution in [-0.4, -0.2) is 36.1 Å². The Hall–Kier alpha value is -2.21. The van der Waals surface area contributed by atoms with Gasteiger partial charge in [0.25, 0.3) is 0 Å². The number of rotatable bonds is 5. The number of likely N-dealkylation sites (N-methyl/N-ethyl adjacent to an activating group) is 1. The fourth-order valence-corrected chi connectivity index (χ4v) is 2.60. The normalized spacial score (nSPS) is 17.7. The van der Waals surface area contributed by atoms with Crippen molar-refractivity contribution in [1.82, 2.24) is 15.3 Å². The largest absolute Gasteiger partial charge is 0.355 e. The van der Waals surface area contributed by atoms with E-state index in [-0.39, 0.29) is 5.82 Å². The van der Waals surface area contributed by atoms with E-state index in [0.717, 1.165) is 30.9 Å². The number of benzene rings is 1.